The van der Waals surface area contributed by atoms with Crippen molar-refractivity contribution in [2.75, 3.05) is 0 Å². The number of carbonyl (C=O) groups is 1. The van der Waals surface area contributed by atoms with E-state index in [-0.39, 0.29) is 11.3 Å². The Morgan fingerprint density at radius 1 is 1.32 bits per heavy atom. The molecule has 106 valence electrons. The predicted molar refractivity (Wildman–Crippen MR) is 67.8 cm³/mol. The van der Waals surface area contributed by atoms with Crippen LogP contribution < -0.4 is 11.3 Å². The zero-order valence-electron chi connectivity index (χ0n) is 10.7. The number of aromatic hydroxyl groups is 3. The van der Waals surface area contributed by atoms with Crippen LogP contribution in [0.2, 0.25) is 0 Å². The summed E-state index contributed by atoms with van der Waals surface area (Å²) in [5.41, 5.74) is 0.911. The van der Waals surface area contributed by atoms with Crippen LogP contribution in [0.4, 0.5) is 0 Å². The number of phenols is 3. The van der Waals surface area contributed by atoms with Crippen LogP contribution in [-0.2, 0) is 4.79 Å². The van der Waals surface area contributed by atoms with Crippen molar-refractivity contribution in [3.63, 3.8) is 0 Å². The van der Waals surface area contributed by atoms with Crippen LogP contribution in [0.15, 0.2) is 12.1 Å². The maximum Gasteiger partial charge on any atom is 0.325 e. The van der Waals surface area contributed by atoms with Crippen LogP contribution in [0, 0.1) is 0 Å². The molecule has 0 aliphatic heterocycles. The Morgan fingerprint density at radius 2 is 1.84 bits per heavy atom. The second-order valence-electron chi connectivity index (χ2n) is 4.51. The normalized spacial score (nSPS) is 15.7. The highest BCUT2D eigenvalue weighted by molar-refractivity contribution is 5.80. The Morgan fingerprint density at radius 3 is 2.26 bits per heavy atom. The number of hydrazine groups is 1. The van der Waals surface area contributed by atoms with Gasteiger partial charge in [-0.05, 0) is 19.4 Å². The highest BCUT2D eigenvalue weighted by atomic mass is 16.4. The number of phenolic OH excluding ortho intramolecular Hbond substituents is 3. The van der Waals surface area contributed by atoms with E-state index in [1.54, 1.807) is 6.92 Å². The molecule has 0 aliphatic carbocycles. The third-order valence-corrected chi connectivity index (χ3v) is 3.35. The topological polar surface area (TPSA) is 136 Å². The van der Waals surface area contributed by atoms with Gasteiger partial charge in [0.2, 0.25) is 0 Å². The summed E-state index contributed by atoms with van der Waals surface area (Å²) in [6, 6.07) is 2.10. The number of rotatable bonds is 5. The molecule has 0 fully saturated rings. The molecule has 7 N–H and O–H groups in total. The van der Waals surface area contributed by atoms with Crippen molar-refractivity contribution in [1.82, 2.24) is 5.43 Å². The molecule has 0 bridgehead atoms. The van der Waals surface area contributed by atoms with Gasteiger partial charge in [0.25, 0.3) is 0 Å². The number of carboxylic acids is 1. The van der Waals surface area contributed by atoms with Crippen molar-refractivity contribution in [3.8, 4) is 17.2 Å². The fraction of sp³-hybridized carbons (Fsp3) is 0.417. The Bertz CT molecular complexity index is 491. The summed E-state index contributed by atoms with van der Waals surface area (Å²) in [6.45, 7) is 3.11. The number of hydrogen-bond donors (Lipinski definition) is 6. The van der Waals surface area contributed by atoms with E-state index >= 15 is 0 Å². The van der Waals surface area contributed by atoms with Gasteiger partial charge >= 0.3 is 5.97 Å². The lowest BCUT2D eigenvalue weighted by Gasteiger charge is -2.33. The van der Waals surface area contributed by atoms with E-state index in [9.17, 15) is 25.2 Å². The summed E-state index contributed by atoms with van der Waals surface area (Å²) in [4.78, 5) is 11.4. The summed E-state index contributed by atoms with van der Waals surface area (Å²) >= 11 is 0. The first-order valence-electron chi connectivity index (χ1n) is 5.73. The van der Waals surface area contributed by atoms with E-state index in [4.69, 9.17) is 5.84 Å². The molecule has 7 heteroatoms. The predicted octanol–water partition coefficient (Wildman–Crippen LogP) is 0.604. The fourth-order valence-corrected chi connectivity index (χ4v) is 2.11. The van der Waals surface area contributed by atoms with Gasteiger partial charge in [-0.2, -0.15) is 0 Å². The van der Waals surface area contributed by atoms with Gasteiger partial charge in [-0.15, -0.1) is 0 Å². The molecular formula is C12H18N2O5. The second kappa shape index (κ2) is 5.33. The zero-order chi connectivity index (χ0) is 14.8. The van der Waals surface area contributed by atoms with E-state index in [1.807, 2.05) is 0 Å². The van der Waals surface area contributed by atoms with Crippen molar-refractivity contribution in [2.45, 2.75) is 31.7 Å². The summed E-state index contributed by atoms with van der Waals surface area (Å²) in [5.74, 6) is 2.22. The van der Waals surface area contributed by atoms with Crippen LogP contribution in [0.3, 0.4) is 0 Å². The van der Waals surface area contributed by atoms with Crippen LogP contribution in [-0.4, -0.2) is 31.9 Å². The van der Waals surface area contributed by atoms with Gasteiger partial charge in [0, 0.05) is 17.5 Å². The van der Waals surface area contributed by atoms with Gasteiger partial charge in [0.05, 0.1) is 0 Å². The number of nitrogens with one attached hydrogen (secondary N) is 1. The smallest absolute Gasteiger partial charge is 0.325 e. The second-order valence-corrected chi connectivity index (χ2v) is 4.51. The number of nitrogens with two attached hydrogens (primary N) is 1. The van der Waals surface area contributed by atoms with Gasteiger partial charge in [-0.25, -0.2) is 5.43 Å². The van der Waals surface area contributed by atoms with E-state index in [1.165, 1.54) is 6.92 Å². The first-order chi connectivity index (χ1) is 8.77. The maximum absolute atomic E-state index is 11.4. The maximum atomic E-state index is 11.4. The van der Waals surface area contributed by atoms with Crippen molar-refractivity contribution >= 4 is 5.97 Å². The minimum absolute atomic E-state index is 0.195. The molecule has 0 saturated carbocycles. The van der Waals surface area contributed by atoms with Crippen LogP contribution >= 0.6 is 0 Å². The summed E-state index contributed by atoms with van der Waals surface area (Å²) in [6.07, 6.45) is 0.352. The van der Waals surface area contributed by atoms with Gasteiger partial charge in [0.1, 0.15) is 11.3 Å². The lowest BCUT2D eigenvalue weighted by Crippen LogP contribution is -2.57. The van der Waals surface area contributed by atoms with Gasteiger partial charge < -0.3 is 20.4 Å². The molecule has 2 atom stereocenters. The summed E-state index contributed by atoms with van der Waals surface area (Å²) in [5, 5.41) is 37.9. The summed E-state index contributed by atoms with van der Waals surface area (Å²) in [7, 11) is 0. The van der Waals surface area contributed by atoms with Gasteiger partial charge in [-0.1, -0.05) is 6.92 Å². The van der Waals surface area contributed by atoms with Crippen molar-refractivity contribution in [1.29, 1.82) is 0 Å². The molecule has 1 aromatic rings. The lowest BCUT2D eigenvalue weighted by atomic mass is 9.78. The molecule has 0 aliphatic rings. The molecule has 0 saturated heterocycles. The minimum atomic E-state index is -1.52. The standard InChI is InChI=1S/C12H18N2O5/c1-3-7(12(2,14-13)11(18)19)6-4-9(16)10(17)5-8(6)15/h4-5,7,14-17H,3,13H2,1-2H3,(H,18,19). The van der Waals surface area contributed by atoms with Crippen LogP contribution in [0.25, 0.3) is 0 Å². The molecule has 0 heterocycles. The summed E-state index contributed by atoms with van der Waals surface area (Å²) < 4.78 is 0. The number of carboxylic acid groups (broad SMARTS) is 1. The number of benzene rings is 1. The molecule has 0 aromatic heterocycles. The fourth-order valence-electron chi connectivity index (χ4n) is 2.11. The van der Waals surface area contributed by atoms with Crippen molar-refractivity contribution < 1.29 is 25.2 Å². The highest BCUT2D eigenvalue weighted by Gasteiger charge is 2.42. The Balaban J connectivity index is 3.39. The van der Waals surface area contributed by atoms with E-state index in [2.05, 4.69) is 5.43 Å². The average molecular weight is 270 g/mol. The Kier molecular flexibility index (Phi) is 4.23. The third-order valence-electron chi connectivity index (χ3n) is 3.35. The van der Waals surface area contributed by atoms with Crippen LogP contribution in [0.1, 0.15) is 31.7 Å². The van der Waals surface area contributed by atoms with E-state index in [0.29, 0.717) is 6.42 Å². The molecule has 0 spiro atoms. The SMILES string of the molecule is CCC(c1cc(O)c(O)cc1O)C(C)(NN)C(=O)O. The van der Waals surface area contributed by atoms with Crippen LogP contribution in [0.5, 0.6) is 17.2 Å². The molecule has 0 radical (unpaired) electrons. The highest BCUT2D eigenvalue weighted by Crippen LogP contribution is 2.41. The molecule has 1 rings (SSSR count). The first-order valence-corrected chi connectivity index (χ1v) is 5.73. The molecule has 19 heavy (non-hydrogen) atoms. The quantitative estimate of drug-likeness (QED) is 0.199. The van der Waals surface area contributed by atoms with Gasteiger partial charge in [-0.3, -0.25) is 10.6 Å². The Labute approximate surface area is 110 Å². The van der Waals surface area contributed by atoms with E-state index < -0.39 is 28.9 Å². The third kappa shape index (κ3) is 2.56. The van der Waals surface area contributed by atoms with Crippen molar-refractivity contribution in [2.24, 2.45) is 5.84 Å². The van der Waals surface area contributed by atoms with E-state index in [0.717, 1.165) is 12.1 Å². The largest absolute Gasteiger partial charge is 0.508 e. The molecule has 1 aromatic carbocycles. The van der Waals surface area contributed by atoms with Crippen molar-refractivity contribution in [3.05, 3.63) is 17.7 Å². The monoisotopic (exact) mass is 270 g/mol. The molecule has 2 unspecified atom stereocenters. The molecule has 0 amide bonds. The zero-order valence-corrected chi connectivity index (χ0v) is 10.7. The lowest BCUT2D eigenvalue weighted by molar-refractivity contribution is -0.145. The first kappa shape index (κ1) is 15.1. The number of aliphatic carboxylic acids is 1. The molecular weight excluding hydrogens is 252 g/mol. The molecule has 7 nitrogen and oxygen atoms in total. The van der Waals surface area contributed by atoms with Gasteiger partial charge in [0.15, 0.2) is 11.5 Å². The number of hydrogen-bond acceptors (Lipinski definition) is 6. The average Bonchev–Trinajstić information content (AvgIpc) is 2.35. The minimum Gasteiger partial charge on any atom is -0.508 e. The Hall–Kier alpha value is -1.99.